The van der Waals surface area contributed by atoms with Gasteiger partial charge >= 0.3 is 12.0 Å². The van der Waals surface area contributed by atoms with Gasteiger partial charge in [-0.05, 0) is 53.9 Å². The Labute approximate surface area is 142 Å². The van der Waals surface area contributed by atoms with Crippen molar-refractivity contribution in [2.75, 3.05) is 0 Å². The molecule has 2 rings (SSSR count). The molecule has 0 radical (unpaired) electrons. The number of benzene rings is 1. The first-order valence-electron chi connectivity index (χ1n) is 7.27. The zero-order valence-corrected chi connectivity index (χ0v) is 14.7. The normalized spacial score (nSPS) is 19.0. The van der Waals surface area contributed by atoms with Crippen LogP contribution in [-0.2, 0) is 9.53 Å². The van der Waals surface area contributed by atoms with Crippen molar-refractivity contribution in [1.82, 2.24) is 10.6 Å². The summed E-state index contributed by atoms with van der Waals surface area (Å²) in [6.07, 6.45) is 0.450. The van der Waals surface area contributed by atoms with Gasteiger partial charge in [-0.25, -0.2) is 14.0 Å². The molecule has 1 aromatic carbocycles. The molecule has 1 heterocycles. The second-order valence-electron chi connectivity index (χ2n) is 5.37. The van der Waals surface area contributed by atoms with Gasteiger partial charge in [0.2, 0.25) is 0 Å². The molecule has 2 unspecified atom stereocenters. The van der Waals surface area contributed by atoms with Gasteiger partial charge < -0.3 is 15.4 Å². The topological polar surface area (TPSA) is 67.4 Å². The lowest BCUT2D eigenvalue weighted by Crippen LogP contribution is -2.45. The zero-order valence-electron chi connectivity index (χ0n) is 13.1. The average Bonchev–Trinajstić information content (AvgIpc) is 2.48. The maximum absolute atomic E-state index is 13.4. The Balaban J connectivity index is 2.41. The Kier molecular flexibility index (Phi) is 5.41. The van der Waals surface area contributed by atoms with Crippen LogP contribution in [0.3, 0.4) is 0 Å². The summed E-state index contributed by atoms with van der Waals surface area (Å²) in [6.45, 7) is 5.35. The highest BCUT2D eigenvalue weighted by atomic mass is 79.9. The van der Waals surface area contributed by atoms with Crippen LogP contribution in [0.1, 0.15) is 38.8 Å². The largest absolute Gasteiger partial charge is 0.459 e. The highest BCUT2D eigenvalue weighted by Gasteiger charge is 2.33. The van der Waals surface area contributed by atoms with Crippen molar-refractivity contribution in [1.29, 1.82) is 0 Å². The molecule has 7 heteroatoms. The van der Waals surface area contributed by atoms with Crippen molar-refractivity contribution in [3.63, 3.8) is 0 Å². The third-order valence-electron chi connectivity index (χ3n) is 3.65. The molecule has 5 nitrogen and oxygen atoms in total. The summed E-state index contributed by atoms with van der Waals surface area (Å²) in [5.74, 6) is -0.923. The molecule has 0 saturated heterocycles. The SMILES string of the molecule is CCC(C)OC(=O)C1=C(C)NC(=O)NC1c1ccc(F)c(Br)c1. The Morgan fingerprint density at radius 2 is 2.17 bits per heavy atom. The molecule has 0 fully saturated rings. The van der Waals surface area contributed by atoms with E-state index in [1.54, 1.807) is 13.8 Å². The zero-order chi connectivity index (χ0) is 17.1. The number of nitrogens with one attached hydrogen (secondary N) is 2. The van der Waals surface area contributed by atoms with E-state index in [-0.39, 0.29) is 10.6 Å². The van der Waals surface area contributed by atoms with Gasteiger partial charge in [0.1, 0.15) is 5.82 Å². The first-order chi connectivity index (χ1) is 10.8. The molecular weight excluding hydrogens is 367 g/mol. The lowest BCUT2D eigenvalue weighted by atomic mass is 9.95. The number of allylic oxidation sites excluding steroid dienone is 1. The van der Waals surface area contributed by atoms with Crippen molar-refractivity contribution in [3.05, 3.63) is 45.3 Å². The minimum atomic E-state index is -0.697. The molecule has 2 atom stereocenters. The average molecular weight is 385 g/mol. The number of ether oxygens (including phenoxy) is 1. The van der Waals surface area contributed by atoms with Crippen molar-refractivity contribution >= 4 is 27.9 Å². The van der Waals surface area contributed by atoms with E-state index >= 15 is 0 Å². The molecule has 2 amide bonds. The smallest absolute Gasteiger partial charge is 0.338 e. The van der Waals surface area contributed by atoms with Crippen LogP contribution in [0.4, 0.5) is 9.18 Å². The molecule has 0 bridgehead atoms. The van der Waals surface area contributed by atoms with E-state index in [1.807, 2.05) is 6.92 Å². The molecule has 1 aliphatic rings. The second-order valence-corrected chi connectivity index (χ2v) is 6.22. The molecule has 1 aliphatic heterocycles. The fourth-order valence-corrected chi connectivity index (χ4v) is 2.63. The van der Waals surface area contributed by atoms with Gasteiger partial charge in [-0.1, -0.05) is 13.0 Å². The third kappa shape index (κ3) is 3.90. The maximum Gasteiger partial charge on any atom is 0.338 e. The fraction of sp³-hybridized carbons (Fsp3) is 0.375. The van der Waals surface area contributed by atoms with Gasteiger partial charge in [0.25, 0.3) is 0 Å². The number of amides is 2. The van der Waals surface area contributed by atoms with Crippen LogP contribution in [0.2, 0.25) is 0 Å². The van der Waals surface area contributed by atoms with E-state index in [1.165, 1.54) is 18.2 Å². The Bertz CT molecular complexity index is 675. The summed E-state index contributed by atoms with van der Waals surface area (Å²) < 4.78 is 19.1. The molecule has 2 N–H and O–H groups in total. The van der Waals surface area contributed by atoms with Crippen molar-refractivity contribution in [3.8, 4) is 0 Å². The van der Waals surface area contributed by atoms with Crippen LogP contribution in [0.25, 0.3) is 0 Å². The minimum absolute atomic E-state index is 0.235. The van der Waals surface area contributed by atoms with Gasteiger partial charge in [-0.2, -0.15) is 0 Å². The van der Waals surface area contributed by atoms with Gasteiger partial charge in [-0.15, -0.1) is 0 Å². The van der Waals surface area contributed by atoms with Crippen LogP contribution in [0.15, 0.2) is 33.9 Å². The second kappa shape index (κ2) is 7.12. The molecule has 0 spiro atoms. The summed E-state index contributed by atoms with van der Waals surface area (Å²) in [7, 11) is 0. The predicted molar refractivity (Wildman–Crippen MR) is 87.1 cm³/mol. The van der Waals surface area contributed by atoms with Gasteiger partial charge in [-0.3, -0.25) is 0 Å². The lowest BCUT2D eigenvalue weighted by molar-refractivity contribution is -0.144. The Morgan fingerprint density at radius 3 is 2.78 bits per heavy atom. The predicted octanol–water partition coefficient (Wildman–Crippen LogP) is 3.56. The number of esters is 1. The summed E-state index contributed by atoms with van der Waals surface area (Å²) in [5.41, 5.74) is 1.32. The van der Waals surface area contributed by atoms with Crippen molar-refractivity contribution in [2.24, 2.45) is 0 Å². The summed E-state index contributed by atoms with van der Waals surface area (Å²) >= 11 is 3.12. The molecule has 23 heavy (non-hydrogen) atoms. The first kappa shape index (κ1) is 17.5. The molecular formula is C16H18BrFN2O3. The number of halogens is 2. The summed E-state index contributed by atoms with van der Waals surface area (Å²) in [5, 5.41) is 5.25. The molecule has 1 aromatic rings. The quantitative estimate of drug-likeness (QED) is 0.779. The molecule has 0 saturated carbocycles. The van der Waals surface area contributed by atoms with E-state index in [9.17, 15) is 14.0 Å². The van der Waals surface area contributed by atoms with E-state index in [0.29, 0.717) is 23.3 Å². The number of hydrogen-bond donors (Lipinski definition) is 2. The van der Waals surface area contributed by atoms with Gasteiger partial charge in [0, 0.05) is 5.70 Å². The maximum atomic E-state index is 13.4. The number of carbonyl (C=O) groups excluding carboxylic acids is 2. The van der Waals surface area contributed by atoms with Crippen molar-refractivity contribution in [2.45, 2.75) is 39.3 Å². The highest BCUT2D eigenvalue weighted by Crippen LogP contribution is 2.30. The first-order valence-corrected chi connectivity index (χ1v) is 8.07. The standard InChI is InChI=1S/C16H18BrFN2O3/c1-4-8(2)23-15(21)13-9(3)19-16(22)20-14(13)10-5-6-12(18)11(17)7-10/h5-8,14H,4H2,1-3H3,(H2,19,20,22). The molecule has 124 valence electrons. The van der Waals surface area contributed by atoms with Crippen LogP contribution in [-0.4, -0.2) is 18.1 Å². The van der Waals surface area contributed by atoms with E-state index < -0.39 is 23.9 Å². The van der Waals surface area contributed by atoms with Crippen LogP contribution < -0.4 is 10.6 Å². The number of rotatable bonds is 4. The molecule has 0 aromatic heterocycles. The van der Waals surface area contributed by atoms with Gasteiger partial charge in [0.15, 0.2) is 0 Å². The lowest BCUT2D eigenvalue weighted by Gasteiger charge is -2.29. The van der Waals surface area contributed by atoms with E-state index in [0.717, 1.165) is 0 Å². The van der Waals surface area contributed by atoms with Crippen LogP contribution >= 0.6 is 15.9 Å². The fourth-order valence-electron chi connectivity index (χ4n) is 2.24. The highest BCUT2D eigenvalue weighted by molar-refractivity contribution is 9.10. The third-order valence-corrected chi connectivity index (χ3v) is 4.26. The summed E-state index contributed by atoms with van der Waals surface area (Å²) in [6, 6.07) is 3.22. The van der Waals surface area contributed by atoms with Crippen molar-refractivity contribution < 1.29 is 18.7 Å². The molecule has 0 aliphatic carbocycles. The minimum Gasteiger partial charge on any atom is -0.459 e. The van der Waals surface area contributed by atoms with Gasteiger partial charge in [0.05, 0.1) is 22.2 Å². The Morgan fingerprint density at radius 1 is 1.48 bits per heavy atom. The van der Waals surface area contributed by atoms with E-state index in [4.69, 9.17) is 4.74 Å². The van der Waals surface area contributed by atoms with Crippen LogP contribution in [0.5, 0.6) is 0 Å². The Hall–Kier alpha value is -1.89. The number of hydrogen-bond acceptors (Lipinski definition) is 3. The monoisotopic (exact) mass is 384 g/mol. The van der Waals surface area contributed by atoms with Crippen LogP contribution in [0, 0.1) is 5.82 Å². The summed E-state index contributed by atoms with van der Waals surface area (Å²) in [4.78, 5) is 24.2. The van der Waals surface area contributed by atoms with E-state index in [2.05, 4.69) is 26.6 Å². The number of urea groups is 1. The number of carbonyl (C=O) groups is 2.